The Morgan fingerprint density at radius 2 is 1.76 bits per heavy atom. The topological polar surface area (TPSA) is 99.8 Å². The monoisotopic (exact) mass is 522 g/mol. The number of halogens is 1. The van der Waals surface area contributed by atoms with Crippen LogP contribution >= 0.6 is 0 Å². The van der Waals surface area contributed by atoms with Crippen molar-refractivity contribution in [2.24, 2.45) is 0 Å². The van der Waals surface area contributed by atoms with E-state index in [0.29, 0.717) is 47.1 Å². The fourth-order valence-electron chi connectivity index (χ4n) is 5.27. The molecular formula is C28H27FN2O5S. The molecule has 0 spiro atoms. The third-order valence-corrected chi connectivity index (χ3v) is 8.89. The quantitative estimate of drug-likeness (QED) is 0.355. The average molecular weight is 523 g/mol. The number of rotatable bonds is 6. The van der Waals surface area contributed by atoms with Gasteiger partial charge in [0.15, 0.2) is 0 Å². The van der Waals surface area contributed by atoms with Crippen molar-refractivity contribution in [3.8, 4) is 22.6 Å². The third kappa shape index (κ3) is 4.49. The molecule has 9 heteroatoms. The number of carboxylic acids is 1. The van der Waals surface area contributed by atoms with Crippen LogP contribution in [-0.4, -0.2) is 52.3 Å². The molecule has 192 valence electrons. The van der Waals surface area contributed by atoms with E-state index in [1.54, 1.807) is 43.3 Å². The second-order valence-electron chi connectivity index (χ2n) is 9.22. The molecular weight excluding hydrogens is 495 g/mol. The van der Waals surface area contributed by atoms with Crippen LogP contribution in [0.1, 0.15) is 41.7 Å². The van der Waals surface area contributed by atoms with Gasteiger partial charge in [-0.2, -0.15) is 0 Å². The van der Waals surface area contributed by atoms with Crippen LogP contribution in [0.4, 0.5) is 4.39 Å². The van der Waals surface area contributed by atoms with Crippen LogP contribution in [-0.2, 0) is 10.0 Å². The number of phenolic OH excluding ortho intramolecular Hbond substituents is 1. The van der Waals surface area contributed by atoms with Crippen molar-refractivity contribution in [3.05, 3.63) is 83.8 Å². The second kappa shape index (κ2) is 9.64. The molecule has 0 bridgehead atoms. The Balaban J connectivity index is 1.82. The Morgan fingerprint density at radius 1 is 1.05 bits per heavy atom. The molecule has 37 heavy (non-hydrogen) atoms. The van der Waals surface area contributed by atoms with E-state index in [1.807, 2.05) is 10.6 Å². The van der Waals surface area contributed by atoms with Crippen LogP contribution in [0.25, 0.3) is 27.7 Å². The first-order chi connectivity index (χ1) is 17.7. The maximum atomic E-state index is 13.9. The van der Waals surface area contributed by atoms with E-state index < -0.39 is 16.0 Å². The Labute approximate surface area is 214 Å². The molecule has 0 saturated carbocycles. The molecule has 1 atom stereocenters. The number of nitrogens with zero attached hydrogens (tertiary/aromatic N) is 2. The number of piperidine rings is 1. The molecule has 1 aliphatic rings. The Hall–Kier alpha value is -3.69. The molecule has 2 heterocycles. The summed E-state index contributed by atoms with van der Waals surface area (Å²) >= 11 is 0. The standard InChI is InChI=1S/C28H27FN2O5S/c1-2-37(35,36)30-16-4-5-20(17-30)27-25(18-8-10-19(11-9-18)28(33)34)26-23(6-3-7-24(26)32)31(27)22-14-12-21(29)13-15-22/h3,6-15,20,32H,2,4-5,16-17H2,1H3,(H,33,34). The lowest BCUT2D eigenvalue weighted by atomic mass is 9.89. The van der Waals surface area contributed by atoms with E-state index in [-0.39, 0.29) is 35.3 Å². The van der Waals surface area contributed by atoms with Crippen molar-refractivity contribution in [3.63, 3.8) is 0 Å². The maximum absolute atomic E-state index is 13.9. The number of aromatic carboxylic acids is 1. The number of hydrogen-bond acceptors (Lipinski definition) is 4. The van der Waals surface area contributed by atoms with E-state index in [2.05, 4.69) is 0 Å². The minimum Gasteiger partial charge on any atom is -0.507 e. The molecule has 0 amide bonds. The number of benzene rings is 3. The van der Waals surface area contributed by atoms with Gasteiger partial charge in [0, 0.05) is 41.3 Å². The highest BCUT2D eigenvalue weighted by Gasteiger charge is 2.34. The van der Waals surface area contributed by atoms with Gasteiger partial charge in [-0.05, 0) is 73.9 Å². The first kappa shape index (κ1) is 25.0. The van der Waals surface area contributed by atoms with Gasteiger partial charge in [-0.1, -0.05) is 18.2 Å². The van der Waals surface area contributed by atoms with Crippen molar-refractivity contribution in [2.75, 3.05) is 18.8 Å². The predicted molar refractivity (Wildman–Crippen MR) is 140 cm³/mol. The van der Waals surface area contributed by atoms with Gasteiger partial charge in [0.05, 0.1) is 16.8 Å². The maximum Gasteiger partial charge on any atom is 0.335 e. The molecule has 0 radical (unpaired) electrons. The summed E-state index contributed by atoms with van der Waals surface area (Å²) in [6.07, 6.45) is 1.38. The molecule has 1 aromatic heterocycles. The summed E-state index contributed by atoms with van der Waals surface area (Å²) in [7, 11) is -3.42. The highest BCUT2D eigenvalue weighted by molar-refractivity contribution is 7.89. The van der Waals surface area contributed by atoms with Crippen molar-refractivity contribution in [1.82, 2.24) is 8.87 Å². The highest BCUT2D eigenvalue weighted by atomic mass is 32.2. The fraction of sp³-hybridized carbons (Fsp3) is 0.250. The van der Waals surface area contributed by atoms with E-state index >= 15 is 0 Å². The first-order valence-corrected chi connectivity index (χ1v) is 13.8. The average Bonchev–Trinajstić information content (AvgIpc) is 3.26. The number of aromatic nitrogens is 1. The smallest absolute Gasteiger partial charge is 0.335 e. The zero-order chi connectivity index (χ0) is 26.3. The lowest BCUT2D eigenvalue weighted by Gasteiger charge is -2.33. The van der Waals surface area contributed by atoms with E-state index in [0.717, 1.165) is 5.69 Å². The molecule has 1 aliphatic heterocycles. The van der Waals surface area contributed by atoms with Crippen LogP contribution in [0.2, 0.25) is 0 Å². The summed E-state index contributed by atoms with van der Waals surface area (Å²) in [5.41, 5.74) is 3.69. The van der Waals surface area contributed by atoms with E-state index in [1.165, 1.54) is 28.6 Å². The summed E-state index contributed by atoms with van der Waals surface area (Å²) in [5, 5.41) is 21.0. The Kier molecular flexibility index (Phi) is 6.51. The number of carbonyl (C=O) groups is 1. The van der Waals surface area contributed by atoms with Crippen LogP contribution < -0.4 is 0 Å². The molecule has 7 nitrogen and oxygen atoms in total. The van der Waals surface area contributed by atoms with Gasteiger partial charge in [-0.25, -0.2) is 21.9 Å². The minimum absolute atomic E-state index is 0.00493. The van der Waals surface area contributed by atoms with Gasteiger partial charge in [0.1, 0.15) is 11.6 Å². The minimum atomic E-state index is -3.42. The van der Waals surface area contributed by atoms with Crippen LogP contribution in [0.5, 0.6) is 5.75 Å². The normalized spacial score (nSPS) is 16.8. The van der Waals surface area contributed by atoms with Crippen molar-refractivity contribution >= 4 is 26.9 Å². The van der Waals surface area contributed by atoms with Gasteiger partial charge in [-0.3, -0.25) is 0 Å². The van der Waals surface area contributed by atoms with Crippen LogP contribution in [0.15, 0.2) is 66.7 Å². The SMILES string of the molecule is CCS(=O)(=O)N1CCCC(c2c(-c3ccc(C(=O)O)cc3)c3c(O)cccc3n2-c2ccc(F)cc2)C1. The van der Waals surface area contributed by atoms with Gasteiger partial charge < -0.3 is 14.8 Å². The number of carboxylic acid groups (broad SMARTS) is 1. The lowest BCUT2D eigenvalue weighted by Crippen LogP contribution is -2.40. The molecule has 4 aromatic rings. The zero-order valence-electron chi connectivity index (χ0n) is 20.3. The van der Waals surface area contributed by atoms with Gasteiger partial charge in [0.2, 0.25) is 10.0 Å². The first-order valence-electron chi connectivity index (χ1n) is 12.1. The van der Waals surface area contributed by atoms with Crippen LogP contribution in [0.3, 0.4) is 0 Å². The highest BCUT2D eigenvalue weighted by Crippen LogP contribution is 2.46. The molecule has 0 aliphatic carbocycles. The second-order valence-corrected chi connectivity index (χ2v) is 11.5. The summed E-state index contributed by atoms with van der Waals surface area (Å²) in [6, 6.07) is 17.6. The number of fused-ring (bicyclic) bond motifs is 1. The molecule has 1 saturated heterocycles. The molecule has 2 N–H and O–H groups in total. The number of sulfonamides is 1. The summed E-state index contributed by atoms with van der Waals surface area (Å²) in [5.74, 6) is -1.60. The lowest BCUT2D eigenvalue weighted by molar-refractivity contribution is 0.0697. The molecule has 5 rings (SSSR count). The van der Waals surface area contributed by atoms with Crippen molar-refractivity contribution in [1.29, 1.82) is 0 Å². The van der Waals surface area contributed by atoms with E-state index in [9.17, 15) is 27.8 Å². The van der Waals surface area contributed by atoms with Crippen molar-refractivity contribution in [2.45, 2.75) is 25.7 Å². The summed E-state index contributed by atoms with van der Waals surface area (Å²) in [4.78, 5) is 11.5. The fourth-order valence-corrected chi connectivity index (χ4v) is 6.45. The van der Waals surface area contributed by atoms with Gasteiger partial charge >= 0.3 is 5.97 Å². The Morgan fingerprint density at radius 3 is 2.41 bits per heavy atom. The number of phenols is 1. The third-order valence-electron chi connectivity index (χ3n) is 7.04. The molecule has 1 unspecified atom stereocenters. The number of hydrogen-bond donors (Lipinski definition) is 2. The summed E-state index contributed by atoms with van der Waals surface area (Å²) < 4.78 is 42.9. The predicted octanol–water partition coefficient (Wildman–Crippen LogP) is 5.37. The van der Waals surface area contributed by atoms with Gasteiger partial charge in [0.25, 0.3) is 0 Å². The largest absolute Gasteiger partial charge is 0.507 e. The Bertz CT molecular complexity index is 1580. The van der Waals surface area contributed by atoms with Crippen LogP contribution in [0, 0.1) is 5.82 Å². The van der Waals surface area contributed by atoms with E-state index in [4.69, 9.17) is 0 Å². The van der Waals surface area contributed by atoms with Gasteiger partial charge in [-0.15, -0.1) is 0 Å². The zero-order valence-corrected chi connectivity index (χ0v) is 21.1. The molecule has 1 fully saturated rings. The van der Waals surface area contributed by atoms with Crippen molar-refractivity contribution < 1.29 is 27.8 Å². The summed E-state index contributed by atoms with van der Waals surface area (Å²) in [6.45, 7) is 2.34. The molecule has 3 aromatic carbocycles. The number of aromatic hydroxyl groups is 1.